The van der Waals surface area contributed by atoms with Gasteiger partial charge in [0.05, 0.1) is 11.5 Å². The zero-order chi connectivity index (χ0) is 15.1. The van der Waals surface area contributed by atoms with Crippen LogP contribution in [0.5, 0.6) is 5.75 Å². The third-order valence-corrected chi connectivity index (χ3v) is 5.18. The number of hydrogen-bond acceptors (Lipinski definition) is 5. The smallest absolute Gasteiger partial charge is 0.266 e. The molecule has 0 amide bonds. The lowest BCUT2D eigenvalue weighted by molar-refractivity contribution is 0.321. The van der Waals surface area contributed by atoms with Crippen LogP contribution in [0.3, 0.4) is 0 Å². The fourth-order valence-corrected chi connectivity index (χ4v) is 4.15. The lowest BCUT2D eigenvalue weighted by Crippen LogP contribution is -2.14. The van der Waals surface area contributed by atoms with Gasteiger partial charge < -0.3 is 15.5 Å². The normalized spacial score (nSPS) is 13.3. The van der Waals surface area contributed by atoms with Crippen molar-refractivity contribution >= 4 is 33.8 Å². The maximum absolute atomic E-state index is 12.4. The highest BCUT2D eigenvalue weighted by molar-refractivity contribution is 7.22. The van der Waals surface area contributed by atoms with Gasteiger partial charge >= 0.3 is 0 Å². The summed E-state index contributed by atoms with van der Waals surface area (Å²) >= 11 is 1.47. The molecule has 4 rings (SSSR count). The summed E-state index contributed by atoms with van der Waals surface area (Å²) in [5, 5.41) is 0.943. The van der Waals surface area contributed by atoms with Crippen molar-refractivity contribution in [3.05, 3.63) is 46.1 Å². The summed E-state index contributed by atoms with van der Waals surface area (Å²) in [6, 6.07) is 3.88. The van der Waals surface area contributed by atoms with E-state index in [1.54, 1.807) is 12.4 Å². The van der Waals surface area contributed by atoms with Gasteiger partial charge in [0.15, 0.2) is 0 Å². The number of hydrogen-bond donors (Lipinski definition) is 2. The number of rotatable bonds is 2. The monoisotopic (exact) mass is 349 g/mol. The minimum atomic E-state index is -0.0868. The van der Waals surface area contributed by atoms with Crippen LogP contribution < -0.4 is 16.0 Å². The Balaban J connectivity index is 0.00000156. The predicted octanol–water partition coefficient (Wildman–Crippen LogP) is 2.86. The molecule has 120 valence electrons. The number of ether oxygens (including phenoxy) is 1. The van der Waals surface area contributed by atoms with E-state index >= 15 is 0 Å². The van der Waals surface area contributed by atoms with Crippen LogP contribution in [0.2, 0.25) is 0 Å². The van der Waals surface area contributed by atoms with E-state index in [-0.39, 0.29) is 18.0 Å². The molecule has 3 N–H and O–H groups in total. The van der Waals surface area contributed by atoms with E-state index in [2.05, 4.69) is 9.97 Å². The molecule has 1 aliphatic heterocycles. The van der Waals surface area contributed by atoms with Crippen LogP contribution in [0.25, 0.3) is 20.5 Å². The Morgan fingerprint density at radius 1 is 1.35 bits per heavy atom. The number of pyridine rings is 2. The number of H-pyrrole nitrogens is 1. The van der Waals surface area contributed by atoms with Crippen molar-refractivity contribution in [3.63, 3.8) is 0 Å². The van der Waals surface area contributed by atoms with Gasteiger partial charge in [0.2, 0.25) is 0 Å². The molecule has 1 aliphatic rings. The van der Waals surface area contributed by atoms with Gasteiger partial charge in [-0.15, -0.1) is 23.7 Å². The van der Waals surface area contributed by atoms with Gasteiger partial charge in [0.1, 0.15) is 10.4 Å². The first-order valence-electron chi connectivity index (χ1n) is 7.23. The first-order valence-corrected chi connectivity index (χ1v) is 8.05. The molecule has 0 atom stereocenters. The van der Waals surface area contributed by atoms with Gasteiger partial charge in [-0.25, -0.2) is 0 Å². The molecular formula is C16H16ClN3O2S. The molecule has 7 heteroatoms. The molecule has 0 saturated carbocycles. The third kappa shape index (κ3) is 2.52. The van der Waals surface area contributed by atoms with E-state index in [9.17, 15) is 4.79 Å². The Hall–Kier alpha value is -1.89. The minimum absolute atomic E-state index is 0. The molecule has 23 heavy (non-hydrogen) atoms. The Bertz CT molecular complexity index is 905. The minimum Gasteiger partial charge on any atom is -0.491 e. The van der Waals surface area contributed by atoms with Crippen molar-refractivity contribution in [2.75, 3.05) is 6.61 Å². The summed E-state index contributed by atoms with van der Waals surface area (Å²) < 4.78 is 6.72. The predicted molar refractivity (Wildman–Crippen MR) is 94.6 cm³/mol. The molecule has 0 spiro atoms. The zero-order valence-corrected chi connectivity index (χ0v) is 13.9. The number of aromatic amines is 1. The van der Waals surface area contributed by atoms with Crippen molar-refractivity contribution in [2.24, 2.45) is 5.73 Å². The molecule has 0 aliphatic carbocycles. The number of thiophene rings is 1. The van der Waals surface area contributed by atoms with Crippen LogP contribution in [0.4, 0.5) is 0 Å². The van der Waals surface area contributed by atoms with Crippen molar-refractivity contribution in [1.29, 1.82) is 0 Å². The van der Waals surface area contributed by atoms with E-state index in [1.165, 1.54) is 11.3 Å². The number of nitrogens with one attached hydrogen (secondary N) is 1. The lowest BCUT2D eigenvalue weighted by Gasteiger charge is -2.07. The molecule has 3 aromatic rings. The summed E-state index contributed by atoms with van der Waals surface area (Å²) in [5.74, 6) is 0.819. The number of aromatic nitrogens is 2. The van der Waals surface area contributed by atoms with Crippen LogP contribution >= 0.6 is 23.7 Å². The maximum Gasteiger partial charge on any atom is 0.266 e. The number of nitrogens with zero attached hydrogens (tertiary/aromatic N) is 1. The molecule has 5 nitrogen and oxygen atoms in total. The molecular weight excluding hydrogens is 334 g/mol. The molecule has 0 fully saturated rings. The fourth-order valence-electron chi connectivity index (χ4n) is 2.97. The zero-order valence-electron chi connectivity index (χ0n) is 12.3. The standard InChI is InChI=1S/C16H15N3O2S.ClH/c17-8-11-10-2-1-7-21-13-12(10)15(16(20)19-11)22-14(13)9-3-5-18-6-4-9;/h3-6H,1-2,7-8,17H2,(H,19,20);1H. The Kier molecular flexibility index (Phi) is 4.39. The molecule has 0 radical (unpaired) electrons. The summed E-state index contributed by atoms with van der Waals surface area (Å²) in [7, 11) is 0. The molecule has 0 aromatic carbocycles. The van der Waals surface area contributed by atoms with E-state index in [0.717, 1.165) is 50.4 Å². The van der Waals surface area contributed by atoms with Gasteiger partial charge in [0, 0.05) is 30.0 Å². The third-order valence-electron chi connectivity index (χ3n) is 3.97. The van der Waals surface area contributed by atoms with Gasteiger partial charge in [-0.05, 0) is 36.1 Å². The second-order valence-corrected chi connectivity index (χ2v) is 6.29. The molecule has 0 unspecified atom stereocenters. The van der Waals surface area contributed by atoms with Gasteiger partial charge in [-0.2, -0.15) is 0 Å². The lowest BCUT2D eigenvalue weighted by atomic mass is 10.0. The van der Waals surface area contributed by atoms with Crippen LogP contribution in [0.1, 0.15) is 17.7 Å². The van der Waals surface area contributed by atoms with E-state index < -0.39 is 0 Å². The topological polar surface area (TPSA) is 81.0 Å². The highest BCUT2D eigenvalue weighted by atomic mass is 35.5. The molecule has 3 aromatic heterocycles. The van der Waals surface area contributed by atoms with Gasteiger partial charge in [-0.3, -0.25) is 9.78 Å². The van der Waals surface area contributed by atoms with Gasteiger partial charge in [0.25, 0.3) is 5.56 Å². The first-order chi connectivity index (χ1) is 10.8. The van der Waals surface area contributed by atoms with Crippen molar-refractivity contribution in [3.8, 4) is 16.2 Å². The quantitative estimate of drug-likeness (QED) is 0.745. The average molecular weight is 350 g/mol. The van der Waals surface area contributed by atoms with Crippen LogP contribution in [-0.2, 0) is 13.0 Å². The van der Waals surface area contributed by atoms with Crippen molar-refractivity contribution in [1.82, 2.24) is 9.97 Å². The summed E-state index contributed by atoms with van der Waals surface area (Å²) in [6.07, 6.45) is 5.29. The first kappa shape index (κ1) is 16.0. The molecule has 0 bridgehead atoms. The van der Waals surface area contributed by atoms with E-state index in [1.807, 2.05) is 12.1 Å². The second kappa shape index (κ2) is 6.31. The molecule has 4 heterocycles. The summed E-state index contributed by atoms with van der Waals surface area (Å²) in [6.45, 7) is 0.983. The van der Waals surface area contributed by atoms with E-state index in [0.29, 0.717) is 13.2 Å². The molecule has 0 saturated heterocycles. The average Bonchev–Trinajstić information content (AvgIpc) is 2.80. The van der Waals surface area contributed by atoms with Crippen LogP contribution in [0, 0.1) is 0 Å². The Morgan fingerprint density at radius 3 is 2.87 bits per heavy atom. The highest BCUT2D eigenvalue weighted by Crippen LogP contribution is 2.46. The highest BCUT2D eigenvalue weighted by Gasteiger charge is 2.24. The number of nitrogens with two attached hydrogens (primary N) is 1. The number of halogens is 1. The SMILES string of the molecule is Cl.NCc1[nH]c(=O)c2sc(-c3ccncc3)c3c2c1CCCO3. The largest absolute Gasteiger partial charge is 0.491 e. The van der Waals surface area contributed by atoms with Crippen molar-refractivity contribution < 1.29 is 4.74 Å². The van der Waals surface area contributed by atoms with Gasteiger partial charge in [-0.1, -0.05) is 0 Å². The Labute approximate surface area is 142 Å². The van der Waals surface area contributed by atoms with Crippen LogP contribution in [-0.4, -0.2) is 16.6 Å². The fraction of sp³-hybridized carbons (Fsp3) is 0.250. The maximum atomic E-state index is 12.4. The van der Waals surface area contributed by atoms with E-state index in [4.69, 9.17) is 10.5 Å². The Morgan fingerprint density at radius 2 is 2.13 bits per heavy atom. The summed E-state index contributed by atoms with van der Waals surface area (Å²) in [4.78, 5) is 20.4. The number of aryl methyl sites for hydroxylation is 1. The second-order valence-electron chi connectivity index (χ2n) is 5.27. The van der Waals surface area contributed by atoms with Crippen LogP contribution in [0.15, 0.2) is 29.3 Å². The van der Waals surface area contributed by atoms with Crippen molar-refractivity contribution in [2.45, 2.75) is 19.4 Å². The summed E-state index contributed by atoms with van der Waals surface area (Å²) in [5.41, 5.74) is 8.70.